The van der Waals surface area contributed by atoms with Gasteiger partial charge in [-0.15, -0.1) is 0 Å². The maximum atomic E-state index is 11.7. The van der Waals surface area contributed by atoms with Crippen LogP contribution >= 0.6 is 0 Å². The molecule has 0 saturated carbocycles. The van der Waals surface area contributed by atoms with Crippen LogP contribution in [0.2, 0.25) is 0 Å². The van der Waals surface area contributed by atoms with Crippen LogP contribution in [0.3, 0.4) is 0 Å². The molecule has 1 atom stereocenters. The van der Waals surface area contributed by atoms with Crippen molar-refractivity contribution in [3.05, 3.63) is 35.9 Å². The van der Waals surface area contributed by atoms with E-state index in [0.29, 0.717) is 13.0 Å². The molecule has 0 bridgehead atoms. The Morgan fingerprint density at radius 2 is 1.88 bits per heavy atom. The van der Waals surface area contributed by atoms with Gasteiger partial charge in [0.15, 0.2) is 9.84 Å². The van der Waals surface area contributed by atoms with Crippen molar-refractivity contribution in [2.45, 2.75) is 19.3 Å². The largest absolute Gasteiger partial charge is 0.330 e. The molecular weight excluding hydrogens is 222 g/mol. The van der Waals surface area contributed by atoms with Crippen LogP contribution in [-0.4, -0.2) is 26.5 Å². The van der Waals surface area contributed by atoms with Gasteiger partial charge in [-0.05, 0) is 12.0 Å². The minimum atomic E-state index is -2.97. The van der Waals surface area contributed by atoms with Crippen LogP contribution in [0.5, 0.6) is 0 Å². The fourth-order valence-corrected chi connectivity index (χ4v) is 3.46. The second-order valence-corrected chi connectivity index (χ2v) is 6.19. The summed E-state index contributed by atoms with van der Waals surface area (Å²) in [5, 5.41) is 0. The summed E-state index contributed by atoms with van der Waals surface area (Å²) in [5.74, 6) is 0.315. The fraction of sp³-hybridized carbons (Fsp3) is 0.500. The SMILES string of the molecule is CCCS(=O)(=O)CC(CN)c1ccccc1. The summed E-state index contributed by atoms with van der Waals surface area (Å²) in [6, 6.07) is 9.59. The van der Waals surface area contributed by atoms with Crippen molar-refractivity contribution in [2.24, 2.45) is 5.73 Å². The molecule has 1 unspecified atom stereocenters. The molecule has 4 heteroatoms. The highest BCUT2D eigenvalue weighted by atomic mass is 32.2. The molecule has 90 valence electrons. The van der Waals surface area contributed by atoms with Crippen LogP contribution in [-0.2, 0) is 9.84 Å². The molecule has 0 saturated heterocycles. The lowest BCUT2D eigenvalue weighted by molar-refractivity contribution is 0.586. The summed E-state index contributed by atoms with van der Waals surface area (Å²) in [5.41, 5.74) is 6.65. The van der Waals surface area contributed by atoms with Crippen LogP contribution in [0, 0.1) is 0 Å². The molecule has 0 amide bonds. The van der Waals surface area contributed by atoms with Crippen LogP contribution in [0.4, 0.5) is 0 Å². The Morgan fingerprint density at radius 3 is 2.38 bits per heavy atom. The Morgan fingerprint density at radius 1 is 1.25 bits per heavy atom. The minimum Gasteiger partial charge on any atom is -0.330 e. The van der Waals surface area contributed by atoms with Gasteiger partial charge in [0.1, 0.15) is 0 Å². The monoisotopic (exact) mass is 241 g/mol. The minimum absolute atomic E-state index is 0.0854. The van der Waals surface area contributed by atoms with Crippen molar-refractivity contribution < 1.29 is 8.42 Å². The number of nitrogens with two attached hydrogens (primary N) is 1. The predicted octanol–water partition coefficient (Wildman–Crippen LogP) is 1.55. The van der Waals surface area contributed by atoms with Gasteiger partial charge < -0.3 is 5.73 Å². The first kappa shape index (κ1) is 13.2. The van der Waals surface area contributed by atoms with E-state index in [9.17, 15) is 8.42 Å². The topological polar surface area (TPSA) is 60.2 Å². The molecule has 2 N–H and O–H groups in total. The molecule has 0 fully saturated rings. The van der Waals surface area contributed by atoms with Crippen LogP contribution < -0.4 is 5.73 Å². The molecule has 3 nitrogen and oxygen atoms in total. The Labute approximate surface area is 97.6 Å². The number of rotatable bonds is 6. The molecule has 0 aromatic heterocycles. The first-order valence-electron chi connectivity index (χ1n) is 5.54. The Bertz CT molecular complexity index is 400. The lowest BCUT2D eigenvalue weighted by Crippen LogP contribution is -2.23. The van der Waals surface area contributed by atoms with Crippen molar-refractivity contribution >= 4 is 9.84 Å². The van der Waals surface area contributed by atoms with E-state index in [1.54, 1.807) is 0 Å². The van der Waals surface area contributed by atoms with Crippen molar-refractivity contribution in [2.75, 3.05) is 18.1 Å². The standard InChI is InChI=1S/C12H19NO2S/c1-2-8-16(14,15)10-12(9-13)11-6-4-3-5-7-11/h3-7,12H,2,8-10,13H2,1H3. The number of benzene rings is 1. The number of hydrogen-bond donors (Lipinski definition) is 1. The van der Waals surface area contributed by atoms with Gasteiger partial charge in [0.25, 0.3) is 0 Å². The third-order valence-electron chi connectivity index (χ3n) is 2.53. The molecule has 0 heterocycles. The zero-order valence-corrected chi connectivity index (χ0v) is 10.4. The van der Waals surface area contributed by atoms with E-state index in [-0.39, 0.29) is 17.4 Å². The second kappa shape index (κ2) is 6.01. The van der Waals surface area contributed by atoms with E-state index in [1.165, 1.54) is 0 Å². The normalized spacial score (nSPS) is 13.6. The van der Waals surface area contributed by atoms with Gasteiger partial charge in [-0.25, -0.2) is 8.42 Å². The molecule has 0 aliphatic carbocycles. The molecule has 1 aromatic rings. The molecule has 1 aromatic carbocycles. The number of hydrogen-bond acceptors (Lipinski definition) is 3. The van der Waals surface area contributed by atoms with E-state index >= 15 is 0 Å². The third-order valence-corrected chi connectivity index (χ3v) is 4.47. The average molecular weight is 241 g/mol. The highest BCUT2D eigenvalue weighted by molar-refractivity contribution is 7.91. The fourth-order valence-electron chi connectivity index (χ4n) is 1.73. The Kier molecular flexibility index (Phi) is 4.96. The van der Waals surface area contributed by atoms with Gasteiger partial charge in [0, 0.05) is 18.2 Å². The van der Waals surface area contributed by atoms with Gasteiger partial charge in [-0.1, -0.05) is 37.3 Å². The molecule has 16 heavy (non-hydrogen) atoms. The smallest absolute Gasteiger partial charge is 0.150 e. The van der Waals surface area contributed by atoms with Crippen molar-refractivity contribution in [3.8, 4) is 0 Å². The van der Waals surface area contributed by atoms with Gasteiger partial charge in [-0.3, -0.25) is 0 Å². The second-order valence-electron chi connectivity index (χ2n) is 3.96. The maximum absolute atomic E-state index is 11.7. The van der Waals surface area contributed by atoms with E-state index in [2.05, 4.69) is 0 Å². The summed E-state index contributed by atoms with van der Waals surface area (Å²) in [6.07, 6.45) is 0.661. The van der Waals surface area contributed by atoms with Crippen molar-refractivity contribution in [3.63, 3.8) is 0 Å². The predicted molar refractivity (Wildman–Crippen MR) is 67.2 cm³/mol. The summed E-state index contributed by atoms with van der Waals surface area (Å²) in [4.78, 5) is 0. The summed E-state index contributed by atoms with van der Waals surface area (Å²) < 4.78 is 23.4. The van der Waals surface area contributed by atoms with Gasteiger partial charge >= 0.3 is 0 Å². The van der Waals surface area contributed by atoms with Gasteiger partial charge in [0.2, 0.25) is 0 Å². The lowest BCUT2D eigenvalue weighted by atomic mass is 10.0. The highest BCUT2D eigenvalue weighted by Gasteiger charge is 2.18. The van der Waals surface area contributed by atoms with Crippen molar-refractivity contribution in [1.82, 2.24) is 0 Å². The molecule has 0 aliphatic rings. The van der Waals surface area contributed by atoms with E-state index < -0.39 is 9.84 Å². The van der Waals surface area contributed by atoms with Crippen LogP contribution in [0.25, 0.3) is 0 Å². The maximum Gasteiger partial charge on any atom is 0.150 e. The first-order valence-corrected chi connectivity index (χ1v) is 7.36. The first-order chi connectivity index (χ1) is 7.59. The van der Waals surface area contributed by atoms with Gasteiger partial charge in [0.05, 0.1) is 5.75 Å². The average Bonchev–Trinajstić information content (AvgIpc) is 2.27. The Hall–Kier alpha value is -0.870. The third kappa shape index (κ3) is 3.94. The van der Waals surface area contributed by atoms with E-state index in [0.717, 1.165) is 5.56 Å². The van der Waals surface area contributed by atoms with Crippen molar-refractivity contribution in [1.29, 1.82) is 0 Å². The zero-order chi connectivity index (χ0) is 12.0. The lowest BCUT2D eigenvalue weighted by Gasteiger charge is -2.15. The molecule has 1 rings (SSSR count). The van der Waals surface area contributed by atoms with E-state index in [1.807, 2.05) is 37.3 Å². The molecular formula is C12H19NO2S. The quantitative estimate of drug-likeness (QED) is 0.822. The summed E-state index contributed by atoms with van der Waals surface area (Å²) in [7, 11) is -2.97. The molecule has 0 spiro atoms. The van der Waals surface area contributed by atoms with Crippen LogP contribution in [0.1, 0.15) is 24.8 Å². The van der Waals surface area contributed by atoms with Gasteiger partial charge in [-0.2, -0.15) is 0 Å². The van der Waals surface area contributed by atoms with Crippen LogP contribution in [0.15, 0.2) is 30.3 Å². The highest BCUT2D eigenvalue weighted by Crippen LogP contribution is 2.17. The summed E-state index contributed by atoms with van der Waals surface area (Å²) in [6.45, 7) is 2.24. The zero-order valence-electron chi connectivity index (χ0n) is 9.59. The molecule has 0 radical (unpaired) electrons. The summed E-state index contributed by atoms with van der Waals surface area (Å²) >= 11 is 0. The number of sulfone groups is 1. The molecule has 0 aliphatic heterocycles. The Balaban J connectivity index is 2.78. The van der Waals surface area contributed by atoms with E-state index in [4.69, 9.17) is 5.73 Å².